The topological polar surface area (TPSA) is 65.7 Å². The highest BCUT2D eigenvalue weighted by Crippen LogP contribution is 2.38. The van der Waals surface area contributed by atoms with Crippen molar-refractivity contribution in [2.75, 3.05) is 19.8 Å². The fourth-order valence-corrected chi connectivity index (χ4v) is 4.82. The molecule has 2 aromatic carbocycles. The summed E-state index contributed by atoms with van der Waals surface area (Å²) in [5.74, 6) is 1.59. The van der Waals surface area contributed by atoms with E-state index in [1.165, 1.54) is 0 Å². The first-order valence-electron chi connectivity index (χ1n) is 11.0. The van der Waals surface area contributed by atoms with Gasteiger partial charge in [0.15, 0.2) is 11.5 Å². The Morgan fingerprint density at radius 2 is 1.77 bits per heavy atom. The Labute approximate surface area is 180 Å². The Hall–Kier alpha value is -3.22. The summed E-state index contributed by atoms with van der Waals surface area (Å²) in [5.41, 5.74) is 2.82. The third-order valence-corrected chi connectivity index (χ3v) is 6.31. The van der Waals surface area contributed by atoms with Crippen LogP contribution in [0.2, 0.25) is 0 Å². The maximum absolute atomic E-state index is 13.2. The summed E-state index contributed by atoms with van der Waals surface area (Å²) in [5, 5.41) is 0. The van der Waals surface area contributed by atoms with Crippen LogP contribution in [0.4, 0.5) is 0 Å². The summed E-state index contributed by atoms with van der Waals surface area (Å²) < 4.78 is 14.8. The molecule has 1 saturated heterocycles. The van der Waals surface area contributed by atoms with Crippen LogP contribution in [0.15, 0.2) is 47.3 Å². The molecule has 1 atom stereocenters. The van der Waals surface area contributed by atoms with Gasteiger partial charge >= 0.3 is 5.69 Å². The third kappa shape index (κ3) is 3.48. The summed E-state index contributed by atoms with van der Waals surface area (Å²) in [6.45, 7) is 4.81. The number of carbonyl (C=O) groups is 1. The van der Waals surface area contributed by atoms with Crippen molar-refractivity contribution >= 4 is 16.9 Å². The third-order valence-electron chi connectivity index (χ3n) is 6.31. The molecule has 5 rings (SSSR count). The summed E-state index contributed by atoms with van der Waals surface area (Å²) >= 11 is 0. The lowest BCUT2D eigenvalue weighted by molar-refractivity contribution is -0.132. The van der Waals surface area contributed by atoms with Crippen LogP contribution in [0.3, 0.4) is 0 Å². The maximum atomic E-state index is 13.2. The lowest BCUT2D eigenvalue weighted by atomic mass is 10.0. The molecule has 0 aliphatic carbocycles. The first kappa shape index (κ1) is 19.7. The molecule has 0 spiro atoms. The van der Waals surface area contributed by atoms with Crippen LogP contribution in [0, 0.1) is 0 Å². The zero-order valence-corrected chi connectivity index (χ0v) is 17.8. The van der Waals surface area contributed by atoms with Crippen molar-refractivity contribution in [2.45, 2.75) is 45.3 Å². The molecular formula is C24H27N3O4. The molecule has 0 radical (unpaired) electrons. The molecule has 0 N–H and O–H groups in total. The average molecular weight is 421 g/mol. The number of amides is 1. The van der Waals surface area contributed by atoms with Crippen LogP contribution in [0.1, 0.15) is 37.8 Å². The number of aryl methyl sites for hydroxylation is 2. The molecule has 1 amide bonds. The van der Waals surface area contributed by atoms with Crippen LogP contribution in [-0.2, 0) is 17.9 Å². The van der Waals surface area contributed by atoms with Gasteiger partial charge in [-0.15, -0.1) is 0 Å². The molecule has 3 heterocycles. The van der Waals surface area contributed by atoms with Gasteiger partial charge in [-0.3, -0.25) is 13.9 Å². The highest BCUT2D eigenvalue weighted by atomic mass is 16.6. The largest absolute Gasteiger partial charge is 0.486 e. The fourth-order valence-electron chi connectivity index (χ4n) is 4.82. The molecule has 3 aromatic rings. The van der Waals surface area contributed by atoms with Gasteiger partial charge in [-0.05, 0) is 49.6 Å². The molecule has 162 valence electrons. The molecule has 2 aliphatic rings. The second-order valence-electron chi connectivity index (χ2n) is 8.07. The van der Waals surface area contributed by atoms with Crippen LogP contribution < -0.4 is 15.2 Å². The van der Waals surface area contributed by atoms with Gasteiger partial charge in [0.1, 0.15) is 13.2 Å². The number of carbonyl (C=O) groups excluding carboxylic acids is 1. The van der Waals surface area contributed by atoms with Gasteiger partial charge in [-0.1, -0.05) is 18.2 Å². The molecule has 2 aliphatic heterocycles. The van der Waals surface area contributed by atoms with Gasteiger partial charge in [0.05, 0.1) is 17.1 Å². The molecule has 0 saturated carbocycles. The molecule has 7 heteroatoms. The first-order chi connectivity index (χ1) is 15.2. The number of benzene rings is 2. The smallest absolute Gasteiger partial charge is 0.329 e. The number of hydrogen-bond donors (Lipinski definition) is 0. The summed E-state index contributed by atoms with van der Waals surface area (Å²) in [4.78, 5) is 28.0. The number of fused-ring (bicyclic) bond motifs is 2. The number of imidazole rings is 1. The van der Waals surface area contributed by atoms with E-state index in [0.29, 0.717) is 32.7 Å². The van der Waals surface area contributed by atoms with Crippen LogP contribution in [0.25, 0.3) is 11.0 Å². The average Bonchev–Trinajstić information content (AvgIpc) is 3.40. The van der Waals surface area contributed by atoms with Gasteiger partial charge in [-0.25, -0.2) is 4.79 Å². The number of aromatic nitrogens is 2. The van der Waals surface area contributed by atoms with E-state index in [1.54, 1.807) is 9.13 Å². The first-order valence-corrected chi connectivity index (χ1v) is 11.0. The zero-order chi connectivity index (χ0) is 21.4. The van der Waals surface area contributed by atoms with E-state index in [4.69, 9.17) is 9.47 Å². The van der Waals surface area contributed by atoms with Crippen LogP contribution in [-0.4, -0.2) is 39.7 Å². The van der Waals surface area contributed by atoms with Gasteiger partial charge in [0.2, 0.25) is 5.91 Å². The predicted molar refractivity (Wildman–Crippen MR) is 118 cm³/mol. The Morgan fingerprint density at radius 3 is 2.55 bits per heavy atom. The summed E-state index contributed by atoms with van der Waals surface area (Å²) in [7, 11) is 0. The van der Waals surface area contributed by atoms with Crippen molar-refractivity contribution in [1.82, 2.24) is 14.0 Å². The zero-order valence-electron chi connectivity index (χ0n) is 17.8. The van der Waals surface area contributed by atoms with Gasteiger partial charge < -0.3 is 14.4 Å². The standard InChI is InChI=1S/C24H27N3O4/c1-2-25-19-6-3-4-7-20(19)27(24(25)29)13-11-23(28)26-12-5-8-18(26)17-9-10-21-22(16-17)31-15-14-30-21/h3-4,6-7,9-10,16,18H,2,5,8,11-15H2,1H3. The van der Waals surface area contributed by atoms with Gasteiger partial charge in [0.25, 0.3) is 0 Å². The molecule has 1 aromatic heterocycles. The van der Waals surface area contributed by atoms with Crippen molar-refractivity contribution in [3.8, 4) is 11.5 Å². The number of hydrogen-bond acceptors (Lipinski definition) is 4. The Balaban J connectivity index is 1.35. The highest BCUT2D eigenvalue weighted by Gasteiger charge is 2.30. The van der Waals surface area contributed by atoms with Crippen molar-refractivity contribution in [1.29, 1.82) is 0 Å². The summed E-state index contributed by atoms with van der Waals surface area (Å²) in [6, 6.07) is 13.8. The van der Waals surface area contributed by atoms with E-state index in [1.807, 2.05) is 54.3 Å². The summed E-state index contributed by atoms with van der Waals surface area (Å²) in [6.07, 6.45) is 2.21. The lowest BCUT2D eigenvalue weighted by Crippen LogP contribution is -2.32. The molecule has 31 heavy (non-hydrogen) atoms. The monoisotopic (exact) mass is 421 g/mol. The van der Waals surface area contributed by atoms with Gasteiger partial charge in [0, 0.05) is 26.1 Å². The van der Waals surface area contributed by atoms with E-state index in [0.717, 1.165) is 47.5 Å². The van der Waals surface area contributed by atoms with Crippen molar-refractivity contribution in [3.05, 3.63) is 58.5 Å². The van der Waals surface area contributed by atoms with Crippen LogP contribution in [0.5, 0.6) is 11.5 Å². The molecule has 1 unspecified atom stereocenters. The Bertz CT molecular complexity index is 1180. The van der Waals surface area contributed by atoms with E-state index in [2.05, 4.69) is 0 Å². The van der Waals surface area contributed by atoms with E-state index in [-0.39, 0.29) is 17.6 Å². The number of nitrogens with zero attached hydrogens (tertiary/aromatic N) is 3. The number of likely N-dealkylation sites (tertiary alicyclic amines) is 1. The van der Waals surface area contributed by atoms with Crippen molar-refractivity contribution in [3.63, 3.8) is 0 Å². The molecule has 0 bridgehead atoms. The minimum absolute atomic E-state index is 0.0389. The molecule has 1 fully saturated rings. The number of rotatable bonds is 5. The number of ether oxygens (including phenoxy) is 2. The van der Waals surface area contributed by atoms with E-state index >= 15 is 0 Å². The van der Waals surface area contributed by atoms with Crippen molar-refractivity contribution < 1.29 is 14.3 Å². The molecule has 7 nitrogen and oxygen atoms in total. The number of para-hydroxylation sites is 2. The minimum Gasteiger partial charge on any atom is -0.486 e. The van der Waals surface area contributed by atoms with Gasteiger partial charge in [-0.2, -0.15) is 0 Å². The van der Waals surface area contributed by atoms with Crippen LogP contribution >= 0.6 is 0 Å². The molecular weight excluding hydrogens is 394 g/mol. The maximum Gasteiger partial charge on any atom is 0.329 e. The van der Waals surface area contributed by atoms with E-state index < -0.39 is 0 Å². The second kappa shape index (κ2) is 8.13. The highest BCUT2D eigenvalue weighted by molar-refractivity contribution is 5.78. The fraction of sp³-hybridized carbons (Fsp3) is 0.417. The second-order valence-corrected chi connectivity index (χ2v) is 8.07. The van der Waals surface area contributed by atoms with Crippen molar-refractivity contribution in [2.24, 2.45) is 0 Å². The Morgan fingerprint density at radius 1 is 1.03 bits per heavy atom. The predicted octanol–water partition coefficient (Wildman–Crippen LogP) is 3.35. The Kier molecular flexibility index (Phi) is 5.18. The normalized spacial score (nSPS) is 18.0. The quantitative estimate of drug-likeness (QED) is 0.634. The van der Waals surface area contributed by atoms with E-state index in [9.17, 15) is 9.59 Å². The lowest BCUT2D eigenvalue weighted by Gasteiger charge is -2.27. The minimum atomic E-state index is -0.0543. The SMILES string of the molecule is CCn1c(=O)n(CCC(=O)N2CCCC2c2ccc3c(c2)OCCO3)c2ccccc21.